The number of hydrogen-bond acceptors (Lipinski definition) is 3. The van der Waals surface area contributed by atoms with E-state index in [1.807, 2.05) is 61.7 Å². The highest BCUT2D eigenvalue weighted by Crippen LogP contribution is 2.29. The van der Waals surface area contributed by atoms with Crippen LogP contribution in [0.3, 0.4) is 0 Å². The first-order valence-electron chi connectivity index (χ1n) is 10.2. The van der Waals surface area contributed by atoms with Gasteiger partial charge in [0.2, 0.25) is 5.91 Å². The Balaban J connectivity index is 1.81. The maximum absolute atomic E-state index is 13.8. The lowest BCUT2D eigenvalue weighted by molar-refractivity contribution is -0.122. The molecular formula is C25H28FN3O. The molecule has 1 amide bonds. The number of carbonyl (C=O) groups is 1. The highest BCUT2D eigenvalue weighted by Gasteiger charge is 2.21. The van der Waals surface area contributed by atoms with Crippen LogP contribution in [0.2, 0.25) is 0 Å². The number of aromatic nitrogens is 1. The van der Waals surface area contributed by atoms with Gasteiger partial charge in [0.25, 0.3) is 0 Å². The van der Waals surface area contributed by atoms with E-state index in [4.69, 9.17) is 0 Å². The normalized spacial score (nSPS) is 12.9. The largest absolute Gasteiger partial charge is 0.358 e. The third-order valence-electron chi connectivity index (χ3n) is 5.34. The molecule has 2 aromatic carbocycles. The van der Waals surface area contributed by atoms with Crippen LogP contribution >= 0.6 is 0 Å². The Morgan fingerprint density at radius 3 is 2.37 bits per heavy atom. The number of amides is 1. The molecule has 0 saturated heterocycles. The number of rotatable bonds is 8. The number of benzene rings is 2. The molecule has 0 aliphatic carbocycles. The summed E-state index contributed by atoms with van der Waals surface area (Å²) in [7, 11) is 1.64. The van der Waals surface area contributed by atoms with E-state index in [0.29, 0.717) is 12.1 Å². The highest BCUT2D eigenvalue weighted by molar-refractivity contribution is 5.82. The number of hydrogen-bond donors (Lipinski definition) is 2. The van der Waals surface area contributed by atoms with Crippen molar-refractivity contribution in [3.05, 3.63) is 101 Å². The molecule has 0 unspecified atom stereocenters. The van der Waals surface area contributed by atoms with Crippen LogP contribution < -0.4 is 10.6 Å². The van der Waals surface area contributed by atoms with Crippen LogP contribution in [0, 0.1) is 19.7 Å². The summed E-state index contributed by atoms with van der Waals surface area (Å²) in [6.45, 7) is 4.34. The molecule has 2 atom stereocenters. The van der Waals surface area contributed by atoms with Gasteiger partial charge in [0.05, 0.1) is 0 Å². The number of nitrogens with one attached hydrogen (secondary N) is 2. The van der Waals surface area contributed by atoms with E-state index in [-0.39, 0.29) is 17.6 Å². The first-order chi connectivity index (χ1) is 14.5. The average molecular weight is 406 g/mol. The van der Waals surface area contributed by atoms with Gasteiger partial charge >= 0.3 is 0 Å². The molecule has 0 saturated carbocycles. The molecular weight excluding hydrogens is 377 g/mol. The summed E-state index contributed by atoms with van der Waals surface area (Å²) in [5.74, 6) is -0.236. The van der Waals surface area contributed by atoms with Crippen molar-refractivity contribution in [3.8, 4) is 0 Å². The van der Waals surface area contributed by atoms with Crippen molar-refractivity contribution in [1.82, 2.24) is 15.6 Å². The van der Waals surface area contributed by atoms with Gasteiger partial charge in [0.15, 0.2) is 0 Å². The molecule has 3 aromatic rings. The monoisotopic (exact) mass is 405 g/mol. The number of likely N-dealkylation sites (N-methyl/N-ethyl adjacent to an activating group) is 1. The van der Waals surface area contributed by atoms with E-state index in [1.165, 1.54) is 6.07 Å². The Morgan fingerprint density at radius 2 is 1.73 bits per heavy atom. The first kappa shape index (κ1) is 21.7. The number of halogens is 1. The number of pyridine rings is 1. The van der Waals surface area contributed by atoms with E-state index in [0.717, 1.165) is 28.8 Å². The van der Waals surface area contributed by atoms with Crippen LogP contribution in [0.4, 0.5) is 4.39 Å². The molecule has 2 N–H and O–H groups in total. The van der Waals surface area contributed by atoms with Gasteiger partial charge < -0.3 is 10.6 Å². The van der Waals surface area contributed by atoms with Gasteiger partial charge in [-0.25, -0.2) is 4.39 Å². The van der Waals surface area contributed by atoms with Crippen molar-refractivity contribution in [2.24, 2.45) is 0 Å². The summed E-state index contributed by atoms with van der Waals surface area (Å²) in [5.41, 5.74) is 4.61. The SMILES string of the molecule is CNC(=O)[C@@H](NCC[C@H](c1ccc(C)nc1)c1ccc(F)c(C)c1)c1ccccc1. The second-order valence-corrected chi connectivity index (χ2v) is 7.49. The summed E-state index contributed by atoms with van der Waals surface area (Å²) in [6.07, 6.45) is 2.63. The lowest BCUT2D eigenvalue weighted by Crippen LogP contribution is -2.36. The van der Waals surface area contributed by atoms with Crippen LogP contribution in [0.25, 0.3) is 0 Å². The van der Waals surface area contributed by atoms with Crippen molar-refractivity contribution >= 4 is 5.91 Å². The zero-order valence-electron chi connectivity index (χ0n) is 17.7. The minimum absolute atomic E-state index is 0.0472. The molecule has 0 aliphatic heterocycles. The van der Waals surface area contributed by atoms with E-state index in [1.54, 1.807) is 14.0 Å². The van der Waals surface area contributed by atoms with E-state index in [9.17, 15) is 9.18 Å². The second-order valence-electron chi connectivity index (χ2n) is 7.49. The summed E-state index contributed by atoms with van der Waals surface area (Å²) in [6, 6.07) is 18.5. The van der Waals surface area contributed by atoms with E-state index in [2.05, 4.69) is 21.7 Å². The minimum Gasteiger partial charge on any atom is -0.358 e. The fraction of sp³-hybridized carbons (Fsp3) is 0.280. The zero-order chi connectivity index (χ0) is 21.5. The molecule has 1 heterocycles. The fourth-order valence-electron chi connectivity index (χ4n) is 3.62. The van der Waals surface area contributed by atoms with Crippen molar-refractivity contribution < 1.29 is 9.18 Å². The lowest BCUT2D eigenvalue weighted by Gasteiger charge is -2.22. The Hall–Kier alpha value is -3.05. The second kappa shape index (κ2) is 10.1. The molecule has 4 nitrogen and oxygen atoms in total. The molecule has 0 radical (unpaired) electrons. The smallest absolute Gasteiger partial charge is 0.241 e. The Bertz CT molecular complexity index is 973. The minimum atomic E-state index is -0.428. The number of nitrogens with zero attached hydrogens (tertiary/aromatic N) is 1. The van der Waals surface area contributed by atoms with Gasteiger partial charge in [-0.05, 0) is 61.2 Å². The molecule has 0 aliphatic rings. The van der Waals surface area contributed by atoms with Crippen molar-refractivity contribution in [2.45, 2.75) is 32.2 Å². The highest BCUT2D eigenvalue weighted by atomic mass is 19.1. The number of aryl methyl sites for hydroxylation is 2. The Labute approximate surface area is 177 Å². The fourth-order valence-corrected chi connectivity index (χ4v) is 3.62. The molecule has 156 valence electrons. The Morgan fingerprint density at radius 1 is 1.00 bits per heavy atom. The zero-order valence-corrected chi connectivity index (χ0v) is 17.7. The van der Waals surface area contributed by atoms with Gasteiger partial charge in [-0.2, -0.15) is 0 Å². The topological polar surface area (TPSA) is 54.0 Å². The van der Waals surface area contributed by atoms with Gasteiger partial charge in [-0.1, -0.05) is 48.5 Å². The van der Waals surface area contributed by atoms with Crippen LogP contribution in [-0.2, 0) is 4.79 Å². The molecule has 0 fully saturated rings. The summed E-state index contributed by atoms with van der Waals surface area (Å²) in [5, 5.41) is 6.12. The third kappa shape index (κ3) is 5.30. The van der Waals surface area contributed by atoms with Gasteiger partial charge in [0, 0.05) is 24.9 Å². The lowest BCUT2D eigenvalue weighted by atomic mass is 9.88. The van der Waals surface area contributed by atoms with Crippen LogP contribution in [0.5, 0.6) is 0 Å². The van der Waals surface area contributed by atoms with Gasteiger partial charge in [0.1, 0.15) is 11.9 Å². The molecule has 0 spiro atoms. The van der Waals surface area contributed by atoms with Crippen LogP contribution in [0.1, 0.15) is 46.3 Å². The molecule has 3 rings (SSSR count). The average Bonchev–Trinajstić information content (AvgIpc) is 2.77. The quantitative estimate of drug-likeness (QED) is 0.583. The number of carbonyl (C=O) groups excluding carboxylic acids is 1. The predicted molar refractivity (Wildman–Crippen MR) is 118 cm³/mol. The summed E-state index contributed by atoms with van der Waals surface area (Å²) >= 11 is 0. The van der Waals surface area contributed by atoms with Crippen LogP contribution in [0.15, 0.2) is 66.9 Å². The molecule has 5 heteroatoms. The first-order valence-corrected chi connectivity index (χ1v) is 10.2. The van der Waals surface area contributed by atoms with Crippen molar-refractivity contribution in [1.29, 1.82) is 0 Å². The van der Waals surface area contributed by atoms with Crippen molar-refractivity contribution in [3.63, 3.8) is 0 Å². The molecule has 30 heavy (non-hydrogen) atoms. The molecule has 0 bridgehead atoms. The van der Waals surface area contributed by atoms with Crippen LogP contribution in [-0.4, -0.2) is 24.5 Å². The maximum Gasteiger partial charge on any atom is 0.241 e. The predicted octanol–water partition coefficient (Wildman–Crippen LogP) is 4.44. The van der Waals surface area contributed by atoms with Gasteiger partial charge in [-0.15, -0.1) is 0 Å². The summed E-state index contributed by atoms with van der Waals surface area (Å²) in [4.78, 5) is 16.9. The molecule has 1 aromatic heterocycles. The third-order valence-corrected chi connectivity index (χ3v) is 5.34. The maximum atomic E-state index is 13.8. The van der Waals surface area contributed by atoms with E-state index < -0.39 is 6.04 Å². The Kier molecular flexibility index (Phi) is 7.31. The van der Waals surface area contributed by atoms with E-state index >= 15 is 0 Å². The summed E-state index contributed by atoms with van der Waals surface area (Å²) < 4.78 is 13.8. The standard InChI is InChI=1S/C25H28FN3O/c1-17-15-20(11-12-23(17)26)22(21-10-9-18(2)29-16-21)13-14-28-24(25(30)27-3)19-7-5-4-6-8-19/h4-12,15-16,22,24,28H,13-14H2,1-3H3,(H,27,30)/t22-,24-/m0/s1. The van der Waals surface area contributed by atoms with Crippen molar-refractivity contribution in [2.75, 3.05) is 13.6 Å². The van der Waals surface area contributed by atoms with Gasteiger partial charge in [-0.3, -0.25) is 9.78 Å².